The number of benzene rings is 3. The van der Waals surface area contributed by atoms with Gasteiger partial charge in [-0.1, -0.05) is 41.9 Å². The Labute approximate surface area is 184 Å². The number of hydrogen-bond acceptors (Lipinski definition) is 5. The van der Waals surface area contributed by atoms with Gasteiger partial charge in [-0.15, -0.1) is 0 Å². The third-order valence-electron chi connectivity index (χ3n) is 4.29. The molecule has 154 valence electrons. The summed E-state index contributed by atoms with van der Waals surface area (Å²) in [7, 11) is 0. The molecule has 0 aliphatic heterocycles. The number of carbonyl (C=O) groups is 1. The first kappa shape index (κ1) is 20.4. The molecule has 0 spiro atoms. The molecular formula is C24H18ClN3O3. The topological polar surface area (TPSA) is 73.3 Å². The zero-order chi connectivity index (χ0) is 21.5. The summed E-state index contributed by atoms with van der Waals surface area (Å²) in [6, 6.07) is 21.5. The molecule has 0 fully saturated rings. The molecule has 31 heavy (non-hydrogen) atoms. The molecule has 7 heteroatoms. The molecule has 3 aromatic carbocycles. The Hall–Kier alpha value is -3.90. The molecule has 0 atom stereocenters. The van der Waals surface area contributed by atoms with Crippen LogP contribution in [0.5, 0.6) is 17.4 Å². The molecule has 1 heterocycles. The minimum absolute atomic E-state index is 0.289. The average Bonchev–Trinajstić information content (AvgIpc) is 2.80. The van der Waals surface area contributed by atoms with Gasteiger partial charge in [0, 0.05) is 29.2 Å². The number of hydrogen-bond donors (Lipinski definition) is 1. The standard InChI is InChI=1S/C24H18ClN3O3/c25-18-10-8-17(9-11-18)16-30-22-7-2-1-6-21(22)24(29)28-19-4-3-5-20(14-19)31-23-15-26-12-13-27-23/h1-15H,16H2,(H,28,29). The summed E-state index contributed by atoms with van der Waals surface area (Å²) >= 11 is 5.92. The van der Waals surface area contributed by atoms with Gasteiger partial charge >= 0.3 is 0 Å². The molecule has 0 radical (unpaired) electrons. The number of aromatic nitrogens is 2. The molecule has 1 N–H and O–H groups in total. The van der Waals surface area contributed by atoms with Gasteiger partial charge in [-0.3, -0.25) is 9.78 Å². The van der Waals surface area contributed by atoms with Gasteiger partial charge < -0.3 is 14.8 Å². The fourth-order valence-corrected chi connectivity index (χ4v) is 2.94. The lowest BCUT2D eigenvalue weighted by molar-refractivity contribution is 0.102. The van der Waals surface area contributed by atoms with Crippen LogP contribution in [0.3, 0.4) is 0 Å². The summed E-state index contributed by atoms with van der Waals surface area (Å²) < 4.78 is 11.5. The van der Waals surface area contributed by atoms with E-state index in [9.17, 15) is 4.79 Å². The van der Waals surface area contributed by atoms with Crippen LogP contribution in [0.2, 0.25) is 5.02 Å². The van der Waals surface area contributed by atoms with E-state index in [1.165, 1.54) is 6.20 Å². The van der Waals surface area contributed by atoms with Crippen molar-refractivity contribution in [3.05, 3.63) is 108 Å². The number of amides is 1. The van der Waals surface area contributed by atoms with Gasteiger partial charge in [-0.25, -0.2) is 4.98 Å². The van der Waals surface area contributed by atoms with Gasteiger partial charge in [-0.05, 0) is 42.0 Å². The highest BCUT2D eigenvalue weighted by atomic mass is 35.5. The predicted octanol–water partition coefficient (Wildman–Crippen LogP) is 5.75. The van der Waals surface area contributed by atoms with E-state index in [4.69, 9.17) is 21.1 Å². The lowest BCUT2D eigenvalue weighted by Gasteiger charge is -2.12. The summed E-state index contributed by atoms with van der Waals surface area (Å²) in [5.74, 6) is 1.10. The van der Waals surface area contributed by atoms with E-state index in [1.54, 1.807) is 67.0 Å². The van der Waals surface area contributed by atoms with Crippen LogP contribution in [0.15, 0.2) is 91.4 Å². The van der Waals surface area contributed by atoms with Crippen LogP contribution in [-0.2, 0) is 6.61 Å². The highest BCUT2D eigenvalue weighted by molar-refractivity contribution is 6.30. The van der Waals surface area contributed by atoms with Crippen molar-refractivity contribution in [2.45, 2.75) is 6.61 Å². The Bertz CT molecular complexity index is 1170. The van der Waals surface area contributed by atoms with Gasteiger partial charge in [0.05, 0.1) is 11.8 Å². The largest absolute Gasteiger partial charge is 0.488 e. The van der Waals surface area contributed by atoms with E-state index in [0.717, 1.165) is 5.56 Å². The van der Waals surface area contributed by atoms with Crippen molar-refractivity contribution in [3.8, 4) is 17.4 Å². The first-order valence-electron chi connectivity index (χ1n) is 9.49. The van der Waals surface area contributed by atoms with Crippen LogP contribution in [-0.4, -0.2) is 15.9 Å². The molecule has 0 bridgehead atoms. The molecule has 1 aromatic heterocycles. The molecule has 4 aromatic rings. The van der Waals surface area contributed by atoms with Crippen molar-refractivity contribution in [1.82, 2.24) is 9.97 Å². The Balaban J connectivity index is 1.45. The van der Waals surface area contributed by atoms with Gasteiger partial charge in [0.1, 0.15) is 18.1 Å². The number of carbonyl (C=O) groups excluding carboxylic acids is 1. The molecule has 0 saturated heterocycles. The van der Waals surface area contributed by atoms with Crippen LogP contribution in [0.4, 0.5) is 5.69 Å². The minimum atomic E-state index is -0.289. The van der Waals surface area contributed by atoms with Gasteiger partial charge in [0.15, 0.2) is 0 Å². The van der Waals surface area contributed by atoms with Crippen LogP contribution in [0.25, 0.3) is 0 Å². The molecule has 0 aliphatic carbocycles. The Morgan fingerprint density at radius 3 is 2.61 bits per heavy atom. The second-order valence-electron chi connectivity index (χ2n) is 6.54. The smallest absolute Gasteiger partial charge is 0.259 e. The maximum absolute atomic E-state index is 12.9. The number of para-hydroxylation sites is 1. The van der Waals surface area contributed by atoms with E-state index in [1.807, 2.05) is 18.2 Å². The van der Waals surface area contributed by atoms with Crippen molar-refractivity contribution in [2.75, 3.05) is 5.32 Å². The number of anilines is 1. The number of nitrogens with zero attached hydrogens (tertiary/aromatic N) is 2. The van der Waals surface area contributed by atoms with Crippen LogP contribution in [0, 0.1) is 0 Å². The Morgan fingerprint density at radius 1 is 0.968 bits per heavy atom. The number of halogens is 1. The third-order valence-corrected chi connectivity index (χ3v) is 4.55. The third kappa shape index (κ3) is 5.58. The zero-order valence-corrected chi connectivity index (χ0v) is 17.1. The summed E-state index contributed by atoms with van der Waals surface area (Å²) in [6.07, 6.45) is 4.62. The predicted molar refractivity (Wildman–Crippen MR) is 119 cm³/mol. The second kappa shape index (κ2) is 9.73. The highest BCUT2D eigenvalue weighted by Crippen LogP contribution is 2.25. The van der Waals surface area contributed by atoms with E-state index in [0.29, 0.717) is 40.3 Å². The number of rotatable bonds is 7. The molecular weight excluding hydrogens is 414 g/mol. The van der Waals surface area contributed by atoms with Crippen LogP contribution >= 0.6 is 11.6 Å². The lowest BCUT2D eigenvalue weighted by Crippen LogP contribution is -2.13. The van der Waals surface area contributed by atoms with E-state index in [2.05, 4.69) is 15.3 Å². The minimum Gasteiger partial charge on any atom is -0.488 e. The van der Waals surface area contributed by atoms with Crippen LogP contribution in [0.1, 0.15) is 15.9 Å². The fraction of sp³-hybridized carbons (Fsp3) is 0.0417. The maximum atomic E-state index is 12.9. The van der Waals surface area contributed by atoms with E-state index >= 15 is 0 Å². The van der Waals surface area contributed by atoms with Crippen molar-refractivity contribution in [1.29, 1.82) is 0 Å². The highest BCUT2D eigenvalue weighted by Gasteiger charge is 2.13. The average molecular weight is 432 g/mol. The summed E-state index contributed by atoms with van der Waals surface area (Å²) in [6.45, 7) is 0.322. The number of nitrogens with one attached hydrogen (secondary N) is 1. The molecule has 0 aliphatic rings. The molecule has 1 amide bonds. The summed E-state index contributed by atoms with van der Waals surface area (Å²) in [5.41, 5.74) is 1.96. The van der Waals surface area contributed by atoms with E-state index < -0.39 is 0 Å². The lowest BCUT2D eigenvalue weighted by atomic mass is 10.1. The van der Waals surface area contributed by atoms with E-state index in [-0.39, 0.29) is 5.91 Å². The normalized spacial score (nSPS) is 10.4. The van der Waals surface area contributed by atoms with Crippen molar-refractivity contribution < 1.29 is 14.3 Å². The molecule has 6 nitrogen and oxygen atoms in total. The Kier molecular flexibility index (Phi) is 6.40. The maximum Gasteiger partial charge on any atom is 0.259 e. The number of ether oxygens (including phenoxy) is 2. The SMILES string of the molecule is O=C(Nc1cccc(Oc2cnccn2)c1)c1ccccc1OCc1ccc(Cl)cc1. The van der Waals surface area contributed by atoms with Gasteiger partial charge in [-0.2, -0.15) is 0 Å². The second-order valence-corrected chi connectivity index (χ2v) is 6.98. The monoisotopic (exact) mass is 431 g/mol. The van der Waals surface area contributed by atoms with Crippen molar-refractivity contribution >= 4 is 23.2 Å². The zero-order valence-electron chi connectivity index (χ0n) is 16.4. The quantitative estimate of drug-likeness (QED) is 0.403. The first-order chi connectivity index (χ1) is 15.2. The molecule has 4 rings (SSSR count). The van der Waals surface area contributed by atoms with Crippen molar-refractivity contribution in [3.63, 3.8) is 0 Å². The van der Waals surface area contributed by atoms with Gasteiger partial charge in [0.25, 0.3) is 5.91 Å². The fourth-order valence-electron chi connectivity index (χ4n) is 2.82. The van der Waals surface area contributed by atoms with Crippen molar-refractivity contribution in [2.24, 2.45) is 0 Å². The molecule has 0 saturated carbocycles. The van der Waals surface area contributed by atoms with Gasteiger partial charge in [0.2, 0.25) is 5.88 Å². The summed E-state index contributed by atoms with van der Waals surface area (Å²) in [4.78, 5) is 20.9. The Morgan fingerprint density at radius 2 is 1.81 bits per heavy atom. The summed E-state index contributed by atoms with van der Waals surface area (Å²) in [5, 5.41) is 3.54. The van der Waals surface area contributed by atoms with Crippen LogP contribution < -0.4 is 14.8 Å². The first-order valence-corrected chi connectivity index (χ1v) is 9.87. The molecule has 0 unspecified atom stereocenters.